The predicted octanol–water partition coefficient (Wildman–Crippen LogP) is 2.38. The zero-order valence-electron chi connectivity index (χ0n) is 8.80. The third kappa shape index (κ3) is 3.18. The molecule has 1 N–H and O–H groups in total. The maximum Gasteiger partial charge on any atom is 0.303 e. The number of hydrogen-bond donors (Lipinski definition) is 1. The minimum atomic E-state index is -0.936. The van der Waals surface area contributed by atoms with Gasteiger partial charge in [-0.05, 0) is 24.5 Å². The Morgan fingerprint density at radius 1 is 1.38 bits per heavy atom. The lowest BCUT2D eigenvalue weighted by Gasteiger charge is -2.06. The van der Waals surface area contributed by atoms with Crippen LogP contribution in [0.5, 0.6) is 5.75 Å². The Bertz CT molecular complexity index is 391. The molecule has 16 heavy (non-hydrogen) atoms. The molecule has 0 saturated heterocycles. The summed E-state index contributed by atoms with van der Waals surface area (Å²) in [6, 6.07) is 2.00. The van der Waals surface area contributed by atoms with Crippen molar-refractivity contribution in [2.24, 2.45) is 0 Å². The van der Waals surface area contributed by atoms with E-state index in [0.29, 0.717) is 6.42 Å². The Morgan fingerprint density at radius 2 is 2.06 bits per heavy atom. The minimum absolute atomic E-state index is 0.0354. The average Bonchev–Trinajstić information content (AvgIpc) is 2.20. The molecule has 0 fully saturated rings. The average molecular weight is 230 g/mol. The topological polar surface area (TPSA) is 46.5 Å². The second-order valence-corrected chi connectivity index (χ2v) is 3.33. The fourth-order valence-corrected chi connectivity index (χ4v) is 1.35. The molecule has 1 aromatic rings. The number of carboxylic acids is 1. The standard InChI is InChI=1S/C11H12F2O3/c1-16-10-5-7(3-2-4-11(14)15)8(12)6-9(10)13/h5-6H,2-4H2,1H3,(H,14,15). The first-order chi connectivity index (χ1) is 7.54. The summed E-state index contributed by atoms with van der Waals surface area (Å²) in [6.45, 7) is 0. The zero-order chi connectivity index (χ0) is 12.1. The lowest BCUT2D eigenvalue weighted by molar-refractivity contribution is -0.137. The number of methoxy groups -OCH3 is 1. The smallest absolute Gasteiger partial charge is 0.303 e. The number of rotatable bonds is 5. The Morgan fingerprint density at radius 3 is 2.62 bits per heavy atom. The highest BCUT2D eigenvalue weighted by molar-refractivity contribution is 5.66. The summed E-state index contributed by atoms with van der Waals surface area (Å²) in [5.74, 6) is -2.41. The van der Waals surface area contributed by atoms with Crippen LogP contribution in [0.2, 0.25) is 0 Å². The first kappa shape index (κ1) is 12.4. The summed E-state index contributed by atoms with van der Waals surface area (Å²) in [4.78, 5) is 10.3. The van der Waals surface area contributed by atoms with Crippen LogP contribution in [-0.2, 0) is 11.2 Å². The molecule has 0 amide bonds. The quantitative estimate of drug-likeness (QED) is 0.844. The van der Waals surface area contributed by atoms with Gasteiger partial charge in [0.25, 0.3) is 0 Å². The first-order valence-corrected chi connectivity index (χ1v) is 4.78. The molecular formula is C11H12F2O3. The highest BCUT2D eigenvalue weighted by Gasteiger charge is 2.10. The van der Waals surface area contributed by atoms with E-state index in [9.17, 15) is 13.6 Å². The number of ether oxygens (including phenoxy) is 1. The molecule has 0 spiro atoms. The fourth-order valence-electron chi connectivity index (χ4n) is 1.35. The Labute approximate surface area is 91.7 Å². The van der Waals surface area contributed by atoms with Gasteiger partial charge < -0.3 is 9.84 Å². The van der Waals surface area contributed by atoms with Crippen LogP contribution in [0.15, 0.2) is 12.1 Å². The van der Waals surface area contributed by atoms with E-state index < -0.39 is 17.6 Å². The van der Waals surface area contributed by atoms with Crippen molar-refractivity contribution in [3.63, 3.8) is 0 Å². The molecule has 1 aromatic carbocycles. The number of benzene rings is 1. The normalized spacial score (nSPS) is 10.2. The molecule has 0 radical (unpaired) electrons. The highest BCUT2D eigenvalue weighted by Crippen LogP contribution is 2.22. The van der Waals surface area contributed by atoms with E-state index in [-0.39, 0.29) is 24.2 Å². The van der Waals surface area contributed by atoms with Crippen molar-refractivity contribution in [3.05, 3.63) is 29.3 Å². The maximum absolute atomic E-state index is 13.2. The number of aliphatic carboxylic acids is 1. The number of carbonyl (C=O) groups is 1. The molecule has 0 unspecified atom stereocenters. The van der Waals surface area contributed by atoms with Gasteiger partial charge in [-0.15, -0.1) is 0 Å². The largest absolute Gasteiger partial charge is 0.494 e. The summed E-state index contributed by atoms with van der Waals surface area (Å²) in [5, 5.41) is 8.43. The van der Waals surface area contributed by atoms with Crippen LogP contribution in [0.25, 0.3) is 0 Å². The van der Waals surface area contributed by atoms with Gasteiger partial charge in [0.2, 0.25) is 0 Å². The van der Waals surface area contributed by atoms with Crippen LogP contribution < -0.4 is 4.74 Å². The number of hydrogen-bond acceptors (Lipinski definition) is 2. The van der Waals surface area contributed by atoms with Crippen molar-refractivity contribution < 1.29 is 23.4 Å². The van der Waals surface area contributed by atoms with Gasteiger partial charge in [-0.25, -0.2) is 8.78 Å². The highest BCUT2D eigenvalue weighted by atomic mass is 19.1. The van der Waals surface area contributed by atoms with Gasteiger partial charge in [0.15, 0.2) is 11.6 Å². The lowest BCUT2D eigenvalue weighted by Crippen LogP contribution is -1.99. The summed E-state index contributed by atoms with van der Waals surface area (Å²) >= 11 is 0. The summed E-state index contributed by atoms with van der Waals surface area (Å²) in [6.07, 6.45) is 0.509. The van der Waals surface area contributed by atoms with Crippen LogP contribution in [0, 0.1) is 11.6 Å². The molecule has 0 aromatic heterocycles. The van der Waals surface area contributed by atoms with E-state index in [2.05, 4.69) is 0 Å². The molecule has 0 aliphatic carbocycles. The summed E-state index contributed by atoms with van der Waals surface area (Å²) < 4.78 is 31.0. The van der Waals surface area contributed by atoms with Gasteiger partial charge in [0.05, 0.1) is 7.11 Å². The monoisotopic (exact) mass is 230 g/mol. The van der Waals surface area contributed by atoms with Crippen LogP contribution >= 0.6 is 0 Å². The van der Waals surface area contributed by atoms with Gasteiger partial charge >= 0.3 is 5.97 Å². The Kier molecular flexibility index (Phi) is 4.22. The van der Waals surface area contributed by atoms with Crippen LogP contribution in [-0.4, -0.2) is 18.2 Å². The predicted molar refractivity (Wildman–Crippen MR) is 53.5 cm³/mol. The summed E-state index contributed by atoms with van der Waals surface area (Å²) in [5.41, 5.74) is 0.263. The van der Waals surface area contributed by atoms with Gasteiger partial charge in [0.1, 0.15) is 5.82 Å². The maximum atomic E-state index is 13.2. The third-order valence-electron chi connectivity index (χ3n) is 2.16. The van der Waals surface area contributed by atoms with E-state index >= 15 is 0 Å². The van der Waals surface area contributed by atoms with E-state index in [1.807, 2.05) is 0 Å². The molecule has 0 aliphatic heterocycles. The second-order valence-electron chi connectivity index (χ2n) is 3.33. The van der Waals surface area contributed by atoms with Crippen molar-refractivity contribution in [1.29, 1.82) is 0 Å². The molecule has 5 heteroatoms. The molecule has 3 nitrogen and oxygen atoms in total. The van der Waals surface area contributed by atoms with Crippen LogP contribution in [0.3, 0.4) is 0 Å². The molecule has 0 bridgehead atoms. The van der Waals surface area contributed by atoms with Gasteiger partial charge in [-0.2, -0.15) is 0 Å². The molecular weight excluding hydrogens is 218 g/mol. The second kappa shape index (κ2) is 5.44. The zero-order valence-corrected chi connectivity index (χ0v) is 8.80. The SMILES string of the molecule is COc1cc(CCCC(=O)O)c(F)cc1F. The third-order valence-corrected chi connectivity index (χ3v) is 2.16. The van der Waals surface area contributed by atoms with Crippen molar-refractivity contribution >= 4 is 5.97 Å². The fraction of sp³-hybridized carbons (Fsp3) is 0.364. The van der Waals surface area contributed by atoms with E-state index in [1.165, 1.54) is 13.2 Å². The minimum Gasteiger partial charge on any atom is -0.494 e. The van der Waals surface area contributed by atoms with Crippen molar-refractivity contribution in [3.8, 4) is 5.75 Å². The van der Waals surface area contributed by atoms with Crippen LogP contribution in [0.4, 0.5) is 8.78 Å². The number of halogens is 2. The van der Waals surface area contributed by atoms with Crippen LogP contribution in [0.1, 0.15) is 18.4 Å². The molecule has 0 atom stereocenters. The molecule has 1 rings (SSSR count). The van der Waals surface area contributed by atoms with Gasteiger partial charge in [-0.1, -0.05) is 0 Å². The first-order valence-electron chi connectivity index (χ1n) is 4.78. The van der Waals surface area contributed by atoms with E-state index in [0.717, 1.165) is 6.07 Å². The van der Waals surface area contributed by atoms with Crippen molar-refractivity contribution in [2.45, 2.75) is 19.3 Å². The molecule has 0 saturated carbocycles. The van der Waals surface area contributed by atoms with Crippen molar-refractivity contribution in [2.75, 3.05) is 7.11 Å². The van der Waals surface area contributed by atoms with Gasteiger partial charge in [0, 0.05) is 12.5 Å². The van der Waals surface area contributed by atoms with Gasteiger partial charge in [-0.3, -0.25) is 4.79 Å². The van der Waals surface area contributed by atoms with E-state index in [1.54, 1.807) is 0 Å². The van der Waals surface area contributed by atoms with Crippen molar-refractivity contribution in [1.82, 2.24) is 0 Å². The number of aryl methyl sites for hydroxylation is 1. The lowest BCUT2D eigenvalue weighted by atomic mass is 10.1. The molecule has 0 heterocycles. The molecule has 88 valence electrons. The number of carboxylic acid groups (broad SMARTS) is 1. The Hall–Kier alpha value is -1.65. The Balaban J connectivity index is 2.75. The summed E-state index contributed by atoms with van der Waals surface area (Å²) in [7, 11) is 1.29. The van der Waals surface area contributed by atoms with E-state index in [4.69, 9.17) is 9.84 Å². The molecule has 0 aliphatic rings.